The number of anilines is 1. The first kappa shape index (κ1) is 21.3. The monoisotopic (exact) mass is 405 g/mol. The second-order valence-electron chi connectivity index (χ2n) is 6.98. The topological polar surface area (TPSA) is 30.5 Å². The van der Waals surface area contributed by atoms with Crippen molar-refractivity contribution in [3.05, 3.63) is 91.0 Å². The molecule has 3 aromatic rings. The molecule has 0 aromatic heterocycles. The number of rotatable bonds is 12. The van der Waals surface area contributed by atoms with Crippen LogP contribution in [-0.2, 0) is 8.85 Å². The zero-order chi connectivity index (χ0) is 20.2. The van der Waals surface area contributed by atoms with Crippen LogP contribution < -0.4 is 15.7 Å². The summed E-state index contributed by atoms with van der Waals surface area (Å²) in [5.74, 6) is 0. The first-order chi connectivity index (χ1) is 14.3. The summed E-state index contributed by atoms with van der Waals surface area (Å²) < 4.78 is 13.0. The third-order valence-electron chi connectivity index (χ3n) is 4.88. The van der Waals surface area contributed by atoms with Gasteiger partial charge in [0.2, 0.25) is 0 Å². The second-order valence-corrected chi connectivity index (χ2v) is 9.95. The SMILES string of the molecule is CCO[Si](OCCCCCNc1ccccc1)(c1ccccc1)c1ccccc1. The van der Waals surface area contributed by atoms with Gasteiger partial charge in [0, 0.05) is 25.4 Å². The van der Waals surface area contributed by atoms with E-state index < -0.39 is 8.56 Å². The van der Waals surface area contributed by atoms with Crippen LogP contribution >= 0.6 is 0 Å². The third kappa shape index (κ3) is 6.04. The van der Waals surface area contributed by atoms with Crippen molar-refractivity contribution in [3.63, 3.8) is 0 Å². The molecular weight excluding hydrogens is 374 g/mol. The average Bonchev–Trinajstić information content (AvgIpc) is 2.79. The van der Waals surface area contributed by atoms with Crippen molar-refractivity contribution in [2.24, 2.45) is 0 Å². The summed E-state index contributed by atoms with van der Waals surface area (Å²) in [6.45, 7) is 4.38. The van der Waals surface area contributed by atoms with Gasteiger partial charge in [0.25, 0.3) is 0 Å². The van der Waals surface area contributed by atoms with Gasteiger partial charge in [-0.25, -0.2) is 0 Å². The molecule has 0 fully saturated rings. The van der Waals surface area contributed by atoms with E-state index in [1.807, 2.05) is 25.1 Å². The molecule has 1 N–H and O–H groups in total. The Labute approximate surface area is 176 Å². The molecule has 0 aliphatic carbocycles. The zero-order valence-corrected chi connectivity index (χ0v) is 18.2. The molecule has 0 atom stereocenters. The minimum Gasteiger partial charge on any atom is -0.388 e. The smallest absolute Gasteiger partial charge is 0.388 e. The zero-order valence-electron chi connectivity index (χ0n) is 17.2. The predicted octanol–water partition coefficient (Wildman–Crippen LogP) is 4.58. The van der Waals surface area contributed by atoms with Gasteiger partial charge in [-0.1, -0.05) is 78.9 Å². The van der Waals surface area contributed by atoms with Crippen LogP contribution in [0, 0.1) is 0 Å². The highest BCUT2D eigenvalue weighted by Crippen LogP contribution is 2.12. The predicted molar refractivity (Wildman–Crippen MR) is 124 cm³/mol. The molecule has 0 heterocycles. The Morgan fingerprint density at radius 1 is 0.655 bits per heavy atom. The Morgan fingerprint density at radius 3 is 1.76 bits per heavy atom. The third-order valence-corrected chi connectivity index (χ3v) is 8.38. The van der Waals surface area contributed by atoms with Crippen molar-refractivity contribution in [1.29, 1.82) is 0 Å². The molecule has 3 aromatic carbocycles. The molecular formula is C25H31NO2Si. The van der Waals surface area contributed by atoms with Crippen LogP contribution in [0.2, 0.25) is 0 Å². The average molecular weight is 406 g/mol. The Kier molecular flexibility index (Phi) is 8.50. The van der Waals surface area contributed by atoms with E-state index in [2.05, 4.69) is 78.1 Å². The molecule has 0 unspecified atom stereocenters. The Morgan fingerprint density at radius 2 is 1.21 bits per heavy atom. The van der Waals surface area contributed by atoms with Gasteiger partial charge in [-0.05, 0) is 48.7 Å². The lowest BCUT2D eigenvalue weighted by Gasteiger charge is -2.31. The highest BCUT2D eigenvalue weighted by molar-refractivity contribution is 6.92. The van der Waals surface area contributed by atoms with Gasteiger partial charge in [0.15, 0.2) is 0 Å². The molecule has 3 nitrogen and oxygen atoms in total. The van der Waals surface area contributed by atoms with E-state index in [1.165, 1.54) is 16.1 Å². The summed E-state index contributed by atoms with van der Waals surface area (Å²) >= 11 is 0. The number of para-hydroxylation sites is 1. The van der Waals surface area contributed by atoms with E-state index in [0.29, 0.717) is 13.2 Å². The Bertz CT molecular complexity index is 773. The molecule has 0 bridgehead atoms. The molecule has 0 saturated heterocycles. The lowest BCUT2D eigenvalue weighted by molar-refractivity contribution is 0.196. The van der Waals surface area contributed by atoms with Crippen molar-refractivity contribution in [1.82, 2.24) is 0 Å². The number of hydrogen-bond acceptors (Lipinski definition) is 3. The van der Waals surface area contributed by atoms with Crippen LogP contribution in [0.3, 0.4) is 0 Å². The standard InChI is InChI=1S/C25H31NO2Si/c1-2-27-29(24-17-9-4-10-18-24,25-19-11-5-12-20-25)28-22-14-6-13-21-26-23-15-7-3-8-16-23/h3-5,7-12,15-20,26H,2,6,13-14,21-22H2,1H3. The maximum absolute atomic E-state index is 6.60. The molecule has 0 aliphatic heterocycles. The number of unbranched alkanes of at least 4 members (excludes halogenated alkanes) is 2. The number of benzene rings is 3. The molecule has 29 heavy (non-hydrogen) atoms. The van der Waals surface area contributed by atoms with E-state index in [4.69, 9.17) is 8.85 Å². The quantitative estimate of drug-likeness (QED) is 0.353. The summed E-state index contributed by atoms with van der Waals surface area (Å²) in [5, 5.41) is 5.80. The summed E-state index contributed by atoms with van der Waals surface area (Å²) in [6, 6.07) is 31.3. The molecule has 3 rings (SSSR count). The second kappa shape index (κ2) is 11.6. The first-order valence-electron chi connectivity index (χ1n) is 10.5. The lowest BCUT2D eigenvalue weighted by atomic mass is 10.2. The van der Waals surface area contributed by atoms with Crippen LogP contribution in [0.4, 0.5) is 5.69 Å². The lowest BCUT2D eigenvalue weighted by Crippen LogP contribution is -2.63. The molecule has 0 aliphatic rings. The first-order valence-corrected chi connectivity index (χ1v) is 12.3. The molecule has 0 spiro atoms. The van der Waals surface area contributed by atoms with Crippen molar-refractivity contribution in [2.45, 2.75) is 26.2 Å². The summed E-state index contributed by atoms with van der Waals surface area (Å²) in [4.78, 5) is 0. The van der Waals surface area contributed by atoms with E-state index in [-0.39, 0.29) is 0 Å². The number of hydrogen-bond donors (Lipinski definition) is 1. The van der Waals surface area contributed by atoms with Crippen LogP contribution in [-0.4, -0.2) is 28.3 Å². The summed E-state index contributed by atoms with van der Waals surface area (Å²) in [6.07, 6.45) is 3.27. The molecule has 152 valence electrons. The van der Waals surface area contributed by atoms with Gasteiger partial charge in [-0.2, -0.15) is 0 Å². The fraction of sp³-hybridized carbons (Fsp3) is 0.280. The molecule has 0 saturated carbocycles. The van der Waals surface area contributed by atoms with Gasteiger partial charge in [-0.15, -0.1) is 0 Å². The van der Waals surface area contributed by atoms with Gasteiger partial charge >= 0.3 is 8.56 Å². The highest BCUT2D eigenvalue weighted by atomic mass is 28.4. The van der Waals surface area contributed by atoms with Crippen molar-refractivity contribution in [2.75, 3.05) is 25.1 Å². The van der Waals surface area contributed by atoms with E-state index >= 15 is 0 Å². The van der Waals surface area contributed by atoms with Crippen molar-refractivity contribution >= 4 is 24.6 Å². The Balaban J connectivity index is 1.57. The van der Waals surface area contributed by atoms with E-state index in [1.54, 1.807) is 0 Å². The minimum atomic E-state index is -2.68. The summed E-state index contributed by atoms with van der Waals surface area (Å²) in [7, 11) is -2.68. The van der Waals surface area contributed by atoms with Crippen molar-refractivity contribution < 1.29 is 8.85 Å². The van der Waals surface area contributed by atoms with Crippen LogP contribution in [0.25, 0.3) is 0 Å². The van der Waals surface area contributed by atoms with Gasteiger partial charge < -0.3 is 14.2 Å². The summed E-state index contributed by atoms with van der Waals surface area (Å²) in [5.41, 5.74) is 1.18. The molecule has 4 heteroatoms. The van der Waals surface area contributed by atoms with E-state index in [0.717, 1.165) is 25.8 Å². The fourth-order valence-corrected chi connectivity index (χ4v) is 6.65. The Hall–Kier alpha value is -2.40. The molecule has 0 radical (unpaired) electrons. The number of nitrogens with one attached hydrogen (secondary N) is 1. The highest BCUT2D eigenvalue weighted by Gasteiger charge is 2.42. The van der Waals surface area contributed by atoms with Crippen LogP contribution in [0.15, 0.2) is 91.0 Å². The fourth-order valence-electron chi connectivity index (χ4n) is 3.47. The van der Waals surface area contributed by atoms with Gasteiger partial charge in [0.05, 0.1) is 0 Å². The van der Waals surface area contributed by atoms with Gasteiger partial charge in [-0.3, -0.25) is 0 Å². The van der Waals surface area contributed by atoms with E-state index in [9.17, 15) is 0 Å². The van der Waals surface area contributed by atoms with Crippen LogP contribution in [0.1, 0.15) is 26.2 Å². The minimum absolute atomic E-state index is 0.636. The molecule has 0 amide bonds. The van der Waals surface area contributed by atoms with Crippen molar-refractivity contribution in [3.8, 4) is 0 Å². The van der Waals surface area contributed by atoms with Crippen LogP contribution in [0.5, 0.6) is 0 Å². The normalized spacial score (nSPS) is 11.3. The maximum atomic E-state index is 6.60. The largest absolute Gasteiger partial charge is 0.407 e. The maximum Gasteiger partial charge on any atom is 0.407 e. The van der Waals surface area contributed by atoms with Gasteiger partial charge in [0.1, 0.15) is 0 Å².